The Balaban J connectivity index is 2.83. The molecule has 3 N–H and O–H groups in total. The fraction of sp³-hybridized carbons (Fsp3) is 0.571. The van der Waals surface area contributed by atoms with Gasteiger partial charge < -0.3 is 15.7 Å². The summed E-state index contributed by atoms with van der Waals surface area (Å²) in [5.41, 5.74) is 1.07. The summed E-state index contributed by atoms with van der Waals surface area (Å²) in [7, 11) is 1.66. The second-order valence-electron chi connectivity index (χ2n) is 4.76. The number of nitrogens with one attached hydrogen (secondary N) is 2. The van der Waals surface area contributed by atoms with E-state index in [9.17, 15) is 10.1 Å². The van der Waals surface area contributed by atoms with Crippen LogP contribution in [0.3, 0.4) is 0 Å². The molecular formula is C14H23N3O3. The fourth-order valence-electron chi connectivity index (χ4n) is 2.28. The molecule has 20 heavy (non-hydrogen) atoms. The normalized spacial score (nSPS) is 11.9. The summed E-state index contributed by atoms with van der Waals surface area (Å²) in [5.74, 6) is 0.322. The van der Waals surface area contributed by atoms with Gasteiger partial charge >= 0.3 is 5.69 Å². The van der Waals surface area contributed by atoms with Crippen LogP contribution in [0.5, 0.6) is 0 Å². The third-order valence-corrected chi connectivity index (χ3v) is 3.30. The van der Waals surface area contributed by atoms with Crippen molar-refractivity contribution >= 4 is 17.1 Å². The number of anilines is 2. The third kappa shape index (κ3) is 4.38. The van der Waals surface area contributed by atoms with Crippen molar-refractivity contribution in [2.75, 3.05) is 30.8 Å². The van der Waals surface area contributed by atoms with Gasteiger partial charge in [0.1, 0.15) is 11.4 Å². The minimum Gasteiger partial charge on any atom is -0.396 e. The molecule has 0 spiro atoms. The lowest BCUT2D eigenvalue weighted by atomic mass is 10.00. The number of aliphatic hydroxyl groups excluding tert-OH is 1. The zero-order valence-corrected chi connectivity index (χ0v) is 12.1. The van der Waals surface area contributed by atoms with Gasteiger partial charge in [0.2, 0.25) is 0 Å². The molecule has 1 unspecified atom stereocenters. The SMILES string of the molecule is CCCC(CCO)CNc1cccc(NC)c1[N+](=O)[O-]. The molecule has 0 amide bonds. The molecule has 0 aliphatic heterocycles. The predicted molar refractivity (Wildman–Crippen MR) is 81.2 cm³/mol. The Kier molecular flexibility index (Phi) is 6.79. The molecule has 0 fully saturated rings. The number of nitrogens with zero attached hydrogens (tertiary/aromatic N) is 1. The van der Waals surface area contributed by atoms with Crippen LogP contribution in [0.15, 0.2) is 18.2 Å². The van der Waals surface area contributed by atoms with Gasteiger partial charge in [0.05, 0.1) is 4.92 Å². The van der Waals surface area contributed by atoms with Crippen LogP contribution in [0.25, 0.3) is 0 Å². The zero-order chi connectivity index (χ0) is 15.0. The summed E-state index contributed by atoms with van der Waals surface area (Å²) in [6.07, 6.45) is 2.73. The van der Waals surface area contributed by atoms with Gasteiger partial charge in [-0.25, -0.2) is 0 Å². The van der Waals surface area contributed by atoms with Crippen molar-refractivity contribution < 1.29 is 10.0 Å². The van der Waals surface area contributed by atoms with Gasteiger partial charge in [0.25, 0.3) is 0 Å². The van der Waals surface area contributed by atoms with Crippen LogP contribution in [0.2, 0.25) is 0 Å². The van der Waals surface area contributed by atoms with Crippen LogP contribution in [-0.2, 0) is 0 Å². The number of hydrogen-bond donors (Lipinski definition) is 3. The second kappa shape index (κ2) is 8.37. The molecule has 0 saturated heterocycles. The van der Waals surface area contributed by atoms with E-state index in [1.54, 1.807) is 25.2 Å². The molecule has 0 aliphatic carbocycles. The smallest absolute Gasteiger partial charge is 0.315 e. The quantitative estimate of drug-likeness (QED) is 0.478. The minimum absolute atomic E-state index is 0.0641. The van der Waals surface area contributed by atoms with E-state index in [2.05, 4.69) is 17.6 Å². The van der Waals surface area contributed by atoms with Crippen molar-refractivity contribution in [1.29, 1.82) is 0 Å². The predicted octanol–water partition coefficient (Wildman–Crippen LogP) is 2.85. The molecule has 0 radical (unpaired) electrons. The maximum Gasteiger partial charge on any atom is 0.315 e. The molecule has 6 heteroatoms. The summed E-state index contributed by atoms with van der Waals surface area (Å²) in [4.78, 5) is 10.8. The number of benzene rings is 1. The van der Waals surface area contributed by atoms with Gasteiger partial charge in [-0.3, -0.25) is 10.1 Å². The fourth-order valence-corrected chi connectivity index (χ4v) is 2.28. The Morgan fingerprint density at radius 3 is 2.60 bits per heavy atom. The van der Waals surface area contributed by atoms with Gasteiger partial charge in [0, 0.05) is 20.2 Å². The van der Waals surface area contributed by atoms with Gasteiger partial charge in [-0.1, -0.05) is 19.4 Å². The van der Waals surface area contributed by atoms with E-state index < -0.39 is 0 Å². The Bertz CT molecular complexity index is 432. The van der Waals surface area contributed by atoms with Gasteiger partial charge in [0.15, 0.2) is 0 Å². The standard InChI is InChI=1S/C14H23N3O3/c1-3-5-11(8-9-18)10-16-13-7-4-6-12(15-2)14(13)17(19)20/h4,6-7,11,15-16,18H,3,5,8-10H2,1-2H3. The van der Waals surface area contributed by atoms with Gasteiger partial charge in [-0.05, 0) is 30.9 Å². The highest BCUT2D eigenvalue weighted by atomic mass is 16.6. The topological polar surface area (TPSA) is 87.4 Å². The van der Waals surface area contributed by atoms with Crippen molar-refractivity contribution in [1.82, 2.24) is 0 Å². The van der Waals surface area contributed by atoms with E-state index in [0.29, 0.717) is 30.3 Å². The second-order valence-corrected chi connectivity index (χ2v) is 4.76. The molecule has 112 valence electrons. The lowest BCUT2D eigenvalue weighted by Crippen LogP contribution is -2.16. The van der Waals surface area contributed by atoms with E-state index in [0.717, 1.165) is 12.8 Å². The summed E-state index contributed by atoms with van der Waals surface area (Å²) < 4.78 is 0. The Morgan fingerprint density at radius 1 is 1.35 bits per heavy atom. The molecule has 1 aromatic carbocycles. The zero-order valence-electron chi connectivity index (χ0n) is 12.1. The first kappa shape index (κ1) is 16.2. The number of hydrogen-bond acceptors (Lipinski definition) is 5. The molecule has 1 atom stereocenters. The average molecular weight is 281 g/mol. The van der Waals surface area contributed by atoms with Crippen LogP contribution in [0.4, 0.5) is 17.1 Å². The highest BCUT2D eigenvalue weighted by Crippen LogP contribution is 2.32. The molecule has 0 saturated carbocycles. The summed E-state index contributed by atoms with van der Waals surface area (Å²) in [6, 6.07) is 5.17. The monoisotopic (exact) mass is 281 g/mol. The molecule has 0 aliphatic rings. The molecule has 6 nitrogen and oxygen atoms in total. The van der Waals surface area contributed by atoms with E-state index in [1.165, 1.54) is 0 Å². The van der Waals surface area contributed by atoms with Gasteiger partial charge in [-0.15, -0.1) is 0 Å². The van der Waals surface area contributed by atoms with Crippen LogP contribution in [-0.4, -0.2) is 30.2 Å². The Morgan fingerprint density at radius 2 is 2.05 bits per heavy atom. The van der Waals surface area contributed by atoms with E-state index in [4.69, 9.17) is 5.11 Å². The van der Waals surface area contributed by atoms with Crippen molar-refractivity contribution in [3.63, 3.8) is 0 Å². The maximum atomic E-state index is 11.2. The maximum absolute atomic E-state index is 11.2. The molecule has 1 aromatic rings. The number of nitro groups is 1. The lowest BCUT2D eigenvalue weighted by Gasteiger charge is -2.17. The molecule has 0 aromatic heterocycles. The first-order chi connectivity index (χ1) is 9.63. The average Bonchev–Trinajstić information content (AvgIpc) is 2.44. The first-order valence-electron chi connectivity index (χ1n) is 6.93. The van der Waals surface area contributed by atoms with Crippen molar-refractivity contribution in [2.24, 2.45) is 5.92 Å². The number of rotatable bonds is 9. The minimum atomic E-state index is -0.380. The molecular weight excluding hydrogens is 258 g/mol. The summed E-state index contributed by atoms with van der Waals surface area (Å²) in [6.45, 7) is 2.86. The number of aliphatic hydroxyl groups is 1. The van der Waals surface area contributed by atoms with Gasteiger partial charge in [-0.2, -0.15) is 0 Å². The highest BCUT2D eigenvalue weighted by molar-refractivity contribution is 5.75. The van der Waals surface area contributed by atoms with Crippen LogP contribution < -0.4 is 10.6 Å². The molecule has 0 heterocycles. The third-order valence-electron chi connectivity index (χ3n) is 3.30. The molecule has 0 bridgehead atoms. The Labute approximate surface area is 119 Å². The summed E-state index contributed by atoms with van der Waals surface area (Å²) >= 11 is 0. The van der Waals surface area contributed by atoms with E-state index in [-0.39, 0.29) is 17.2 Å². The lowest BCUT2D eigenvalue weighted by molar-refractivity contribution is -0.383. The van der Waals surface area contributed by atoms with Crippen LogP contribution >= 0.6 is 0 Å². The van der Waals surface area contributed by atoms with E-state index in [1.807, 2.05) is 0 Å². The van der Waals surface area contributed by atoms with Crippen molar-refractivity contribution in [3.05, 3.63) is 28.3 Å². The number of para-hydroxylation sites is 1. The Hall–Kier alpha value is -1.82. The first-order valence-corrected chi connectivity index (χ1v) is 6.93. The summed E-state index contributed by atoms with van der Waals surface area (Å²) in [5, 5.41) is 26.2. The number of nitro benzene ring substituents is 1. The van der Waals surface area contributed by atoms with Crippen molar-refractivity contribution in [3.8, 4) is 0 Å². The van der Waals surface area contributed by atoms with Crippen LogP contribution in [0.1, 0.15) is 26.2 Å². The van der Waals surface area contributed by atoms with Crippen LogP contribution in [0, 0.1) is 16.0 Å². The highest BCUT2D eigenvalue weighted by Gasteiger charge is 2.19. The van der Waals surface area contributed by atoms with Crippen molar-refractivity contribution in [2.45, 2.75) is 26.2 Å². The largest absolute Gasteiger partial charge is 0.396 e. The molecule has 1 rings (SSSR count). The van der Waals surface area contributed by atoms with E-state index >= 15 is 0 Å².